The van der Waals surface area contributed by atoms with Gasteiger partial charge in [-0.1, -0.05) is 45.0 Å². The van der Waals surface area contributed by atoms with Gasteiger partial charge in [0.15, 0.2) is 0 Å². The standard InChI is InChI=1S/C30H45BN4O5/c1-27(2,3)23(34-26(37)38-28(4,5)6)25(36)35-17-11-12-22(35)24-32-18-21(33-24)19-13-15-20(16-14-19)31-39-29(7,8)30(9,10)40-31/h13-16,18,22-23H,11-12,17H2,1-10H3,(H,32,33)(H,34,37)/t22-,23?/m0/s1. The van der Waals surface area contributed by atoms with E-state index in [2.05, 4.69) is 15.3 Å². The molecular weight excluding hydrogens is 507 g/mol. The maximum Gasteiger partial charge on any atom is 0.494 e. The first kappa shape index (κ1) is 30.1. The van der Waals surface area contributed by atoms with E-state index >= 15 is 0 Å². The highest BCUT2D eigenvalue weighted by Crippen LogP contribution is 2.37. The van der Waals surface area contributed by atoms with Gasteiger partial charge in [0.25, 0.3) is 0 Å². The van der Waals surface area contributed by atoms with Crippen LogP contribution in [0.15, 0.2) is 30.5 Å². The molecule has 2 aromatic rings. The molecule has 3 heterocycles. The Morgan fingerprint density at radius 1 is 1.07 bits per heavy atom. The second-order valence-corrected chi connectivity index (χ2v) is 14.0. The lowest BCUT2D eigenvalue weighted by molar-refractivity contribution is -0.137. The molecule has 0 saturated carbocycles. The summed E-state index contributed by atoms with van der Waals surface area (Å²) in [7, 11) is -0.417. The van der Waals surface area contributed by atoms with E-state index < -0.39 is 41.5 Å². The number of ether oxygens (including phenoxy) is 1. The lowest BCUT2D eigenvalue weighted by Gasteiger charge is -2.35. The number of likely N-dealkylation sites (tertiary alicyclic amines) is 1. The van der Waals surface area contributed by atoms with Crippen molar-refractivity contribution in [2.75, 3.05) is 6.54 Å². The summed E-state index contributed by atoms with van der Waals surface area (Å²) < 4.78 is 17.8. The largest absolute Gasteiger partial charge is 0.494 e. The van der Waals surface area contributed by atoms with Gasteiger partial charge in [0.2, 0.25) is 5.91 Å². The van der Waals surface area contributed by atoms with Crippen LogP contribution < -0.4 is 10.8 Å². The normalized spacial score (nSPS) is 21.4. The molecule has 2 amide bonds. The number of carbonyl (C=O) groups excluding carboxylic acids is 2. The van der Waals surface area contributed by atoms with Crippen LogP contribution in [0.25, 0.3) is 11.3 Å². The van der Waals surface area contributed by atoms with Gasteiger partial charge in [-0.05, 0) is 77.7 Å². The molecule has 4 rings (SSSR count). The third-order valence-electron chi connectivity index (χ3n) is 7.97. The number of nitrogens with one attached hydrogen (secondary N) is 2. The zero-order valence-corrected chi connectivity index (χ0v) is 25.7. The van der Waals surface area contributed by atoms with Crippen molar-refractivity contribution in [2.24, 2.45) is 5.41 Å². The number of carbonyl (C=O) groups is 2. The molecule has 2 aliphatic heterocycles. The number of hydrogen-bond donors (Lipinski definition) is 2. The smallest absolute Gasteiger partial charge is 0.444 e. The third kappa shape index (κ3) is 6.38. The molecule has 2 aliphatic rings. The Labute approximate surface area is 238 Å². The number of rotatable bonds is 5. The van der Waals surface area contributed by atoms with Gasteiger partial charge in [0.05, 0.1) is 29.1 Å². The molecule has 0 aliphatic carbocycles. The fourth-order valence-corrected chi connectivity index (χ4v) is 5.01. The molecule has 10 heteroatoms. The summed E-state index contributed by atoms with van der Waals surface area (Å²) >= 11 is 0. The van der Waals surface area contributed by atoms with Crippen LogP contribution in [0.3, 0.4) is 0 Å². The highest BCUT2D eigenvalue weighted by molar-refractivity contribution is 6.62. The summed E-state index contributed by atoms with van der Waals surface area (Å²) in [5.41, 5.74) is 0.859. The Balaban J connectivity index is 1.49. The second kappa shape index (κ2) is 10.5. The van der Waals surface area contributed by atoms with Crippen LogP contribution in [0, 0.1) is 5.41 Å². The number of aromatic nitrogens is 2. The average molecular weight is 553 g/mol. The molecule has 0 spiro atoms. The number of imidazole rings is 1. The van der Waals surface area contributed by atoms with Crippen molar-refractivity contribution in [3.63, 3.8) is 0 Å². The molecule has 1 aromatic heterocycles. The molecule has 1 aromatic carbocycles. The van der Waals surface area contributed by atoms with Crippen LogP contribution in [-0.4, -0.2) is 63.4 Å². The monoisotopic (exact) mass is 552 g/mol. The minimum absolute atomic E-state index is 0.134. The van der Waals surface area contributed by atoms with Gasteiger partial charge >= 0.3 is 13.2 Å². The van der Waals surface area contributed by atoms with E-state index in [1.165, 1.54) is 0 Å². The molecule has 2 fully saturated rings. The quantitative estimate of drug-likeness (QED) is 0.507. The number of H-pyrrole nitrogens is 1. The van der Waals surface area contributed by atoms with E-state index in [0.29, 0.717) is 6.54 Å². The minimum atomic E-state index is -0.736. The summed E-state index contributed by atoms with van der Waals surface area (Å²) in [5, 5.41) is 2.83. The lowest BCUT2D eigenvalue weighted by Crippen LogP contribution is -2.55. The maximum absolute atomic E-state index is 13.8. The Bertz CT molecular complexity index is 1210. The average Bonchev–Trinajstić information content (AvgIpc) is 3.53. The van der Waals surface area contributed by atoms with E-state index in [9.17, 15) is 9.59 Å². The number of benzene rings is 1. The molecule has 0 radical (unpaired) electrons. The van der Waals surface area contributed by atoms with Crippen LogP contribution in [0.1, 0.15) is 93.9 Å². The Kier molecular flexibility index (Phi) is 7.93. The van der Waals surface area contributed by atoms with Crippen LogP contribution in [0.4, 0.5) is 4.79 Å². The highest BCUT2D eigenvalue weighted by Gasteiger charge is 2.51. The number of amides is 2. The predicted octanol–water partition coefficient (Wildman–Crippen LogP) is 4.98. The fraction of sp³-hybridized carbons (Fsp3) is 0.633. The number of hydrogen-bond acceptors (Lipinski definition) is 6. The molecular formula is C30H45BN4O5. The number of alkyl carbamates (subject to hydrolysis) is 1. The second-order valence-electron chi connectivity index (χ2n) is 14.0. The van der Waals surface area contributed by atoms with Crippen molar-refractivity contribution in [3.8, 4) is 11.3 Å². The Morgan fingerprint density at radius 3 is 2.23 bits per heavy atom. The fourth-order valence-electron chi connectivity index (χ4n) is 5.01. The Morgan fingerprint density at radius 2 is 1.68 bits per heavy atom. The molecule has 2 N–H and O–H groups in total. The Hall–Kier alpha value is -2.85. The zero-order valence-electron chi connectivity index (χ0n) is 25.7. The summed E-state index contributed by atoms with van der Waals surface area (Å²) in [4.78, 5) is 36.3. The minimum Gasteiger partial charge on any atom is -0.444 e. The first-order valence-corrected chi connectivity index (χ1v) is 14.2. The summed E-state index contributed by atoms with van der Waals surface area (Å²) in [6, 6.07) is 7.14. The molecule has 2 atom stereocenters. The van der Waals surface area contributed by atoms with Gasteiger partial charge < -0.3 is 29.2 Å². The van der Waals surface area contributed by atoms with Crippen LogP contribution in [0.2, 0.25) is 0 Å². The van der Waals surface area contributed by atoms with Crippen molar-refractivity contribution < 1.29 is 23.6 Å². The topological polar surface area (TPSA) is 106 Å². The molecule has 2 saturated heterocycles. The van der Waals surface area contributed by atoms with E-state index in [1.807, 2.05) is 77.6 Å². The lowest BCUT2D eigenvalue weighted by atomic mass is 9.79. The van der Waals surface area contributed by atoms with Crippen LogP contribution in [-0.2, 0) is 18.8 Å². The van der Waals surface area contributed by atoms with E-state index in [1.54, 1.807) is 27.0 Å². The summed E-state index contributed by atoms with van der Waals surface area (Å²) in [6.45, 7) is 20.0. The summed E-state index contributed by atoms with van der Waals surface area (Å²) in [5.74, 6) is 0.603. The molecule has 218 valence electrons. The highest BCUT2D eigenvalue weighted by atomic mass is 16.7. The van der Waals surface area contributed by atoms with E-state index in [-0.39, 0.29) is 11.9 Å². The molecule has 40 heavy (non-hydrogen) atoms. The van der Waals surface area contributed by atoms with Crippen LogP contribution >= 0.6 is 0 Å². The SMILES string of the molecule is CC(C)(C)OC(=O)NC(C(=O)N1CCC[C@H]1c1ncc(-c2ccc(B3OC(C)(C)C(C)(C)O3)cc2)[nH]1)C(C)(C)C. The number of nitrogens with zero attached hydrogens (tertiary/aromatic N) is 2. The van der Waals surface area contributed by atoms with Crippen molar-refractivity contribution in [2.45, 2.75) is 111 Å². The molecule has 1 unspecified atom stereocenters. The molecule has 0 bridgehead atoms. The summed E-state index contributed by atoms with van der Waals surface area (Å²) in [6.07, 6.45) is 2.86. The van der Waals surface area contributed by atoms with Crippen molar-refractivity contribution >= 4 is 24.6 Å². The van der Waals surface area contributed by atoms with Gasteiger partial charge in [0, 0.05) is 6.54 Å². The van der Waals surface area contributed by atoms with Crippen molar-refractivity contribution in [3.05, 3.63) is 36.3 Å². The van der Waals surface area contributed by atoms with E-state index in [0.717, 1.165) is 35.4 Å². The number of aromatic amines is 1. The van der Waals surface area contributed by atoms with Gasteiger partial charge in [-0.15, -0.1) is 0 Å². The first-order chi connectivity index (χ1) is 18.4. The van der Waals surface area contributed by atoms with Crippen molar-refractivity contribution in [1.82, 2.24) is 20.2 Å². The first-order valence-electron chi connectivity index (χ1n) is 14.2. The third-order valence-corrected chi connectivity index (χ3v) is 7.97. The predicted molar refractivity (Wildman–Crippen MR) is 156 cm³/mol. The van der Waals surface area contributed by atoms with Gasteiger partial charge in [-0.2, -0.15) is 0 Å². The van der Waals surface area contributed by atoms with Gasteiger partial charge in [-0.3, -0.25) is 4.79 Å². The molecule has 9 nitrogen and oxygen atoms in total. The maximum atomic E-state index is 13.8. The van der Waals surface area contributed by atoms with E-state index in [4.69, 9.17) is 14.0 Å². The zero-order chi connectivity index (χ0) is 29.7. The van der Waals surface area contributed by atoms with Crippen molar-refractivity contribution in [1.29, 1.82) is 0 Å². The van der Waals surface area contributed by atoms with Gasteiger partial charge in [0.1, 0.15) is 17.5 Å². The van der Waals surface area contributed by atoms with Crippen LogP contribution in [0.5, 0.6) is 0 Å². The van der Waals surface area contributed by atoms with Gasteiger partial charge in [-0.25, -0.2) is 9.78 Å².